The molecule has 0 aliphatic carbocycles. The van der Waals surface area contributed by atoms with Crippen molar-refractivity contribution in [1.82, 2.24) is 15.6 Å². The first-order chi connectivity index (χ1) is 13.8. The highest BCUT2D eigenvalue weighted by atomic mass is 32.2. The highest BCUT2D eigenvalue weighted by Crippen LogP contribution is 2.30. The van der Waals surface area contributed by atoms with Crippen LogP contribution in [0.4, 0.5) is 0 Å². The molecule has 2 amide bonds. The zero-order chi connectivity index (χ0) is 21.0. The Morgan fingerprint density at radius 3 is 2.38 bits per heavy atom. The Hall–Kier alpha value is -3.11. The van der Waals surface area contributed by atoms with E-state index in [1.807, 2.05) is 0 Å². The Morgan fingerprint density at radius 2 is 1.66 bits per heavy atom. The molecule has 0 saturated carbocycles. The summed E-state index contributed by atoms with van der Waals surface area (Å²) < 4.78 is 37.5. The van der Waals surface area contributed by atoms with Gasteiger partial charge in [-0.2, -0.15) is 0 Å². The van der Waals surface area contributed by atoms with Crippen LogP contribution >= 0.6 is 0 Å². The quantitative estimate of drug-likeness (QED) is 0.625. The molecule has 0 radical (unpaired) electrons. The SMILES string of the molecule is CCNS(=O)(=O)c1ccc(C)c(C(=O)NNC(=O)c2ccc3c(c2)OCCO3)c1. The van der Waals surface area contributed by atoms with E-state index < -0.39 is 21.8 Å². The third kappa shape index (κ3) is 4.66. The number of carbonyl (C=O) groups is 2. The van der Waals surface area contributed by atoms with Gasteiger partial charge in [-0.25, -0.2) is 13.1 Å². The largest absolute Gasteiger partial charge is 0.486 e. The van der Waals surface area contributed by atoms with E-state index in [9.17, 15) is 18.0 Å². The molecular formula is C19H21N3O6S. The van der Waals surface area contributed by atoms with Gasteiger partial charge in [0.05, 0.1) is 4.90 Å². The van der Waals surface area contributed by atoms with E-state index in [0.29, 0.717) is 30.3 Å². The minimum Gasteiger partial charge on any atom is -0.486 e. The molecule has 1 aliphatic rings. The lowest BCUT2D eigenvalue weighted by atomic mass is 10.1. The van der Waals surface area contributed by atoms with Crippen molar-refractivity contribution in [3.63, 3.8) is 0 Å². The second kappa shape index (κ2) is 8.50. The predicted octanol–water partition coefficient (Wildman–Crippen LogP) is 1.14. The number of rotatable bonds is 5. The van der Waals surface area contributed by atoms with Crippen LogP contribution in [0, 0.1) is 6.92 Å². The summed E-state index contributed by atoms with van der Waals surface area (Å²) in [4.78, 5) is 24.8. The lowest BCUT2D eigenvalue weighted by molar-refractivity contribution is 0.0845. The Kier molecular flexibility index (Phi) is 6.04. The first-order valence-corrected chi connectivity index (χ1v) is 10.4. The lowest BCUT2D eigenvalue weighted by Gasteiger charge is -2.18. The first kappa shape index (κ1) is 20.6. The van der Waals surface area contributed by atoms with Gasteiger partial charge in [0.2, 0.25) is 10.0 Å². The standard InChI is InChI=1S/C19H21N3O6S/c1-3-20-29(25,26)14-6-4-12(2)15(11-14)19(24)22-21-18(23)13-5-7-16-17(10-13)28-9-8-27-16/h4-7,10-11,20H,3,8-9H2,1-2H3,(H,21,23)(H,22,24). The van der Waals surface area contributed by atoms with Gasteiger partial charge in [-0.15, -0.1) is 0 Å². The summed E-state index contributed by atoms with van der Waals surface area (Å²) in [6.07, 6.45) is 0. The topological polar surface area (TPSA) is 123 Å². The molecule has 3 N–H and O–H groups in total. The highest BCUT2D eigenvalue weighted by Gasteiger charge is 2.19. The maximum Gasteiger partial charge on any atom is 0.270 e. The van der Waals surface area contributed by atoms with Crippen LogP contribution < -0.4 is 25.0 Å². The summed E-state index contributed by atoms with van der Waals surface area (Å²) in [5.74, 6) is -0.190. The average Bonchev–Trinajstić information content (AvgIpc) is 2.71. The van der Waals surface area contributed by atoms with Crippen LogP contribution in [0.25, 0.3) is 0 Å². The van der Waals surface area contributed by atoms with Crippen molar-refractivity contribution in [3.05, 3.63) is 53.1 Å². The number of hydrazine groups is 1. The highest BCUT2D eigenvalue weighted by molar-refractivity contribution is 7.89. The Labute approximate surface area is 168 Å². The average molecular weight is 419 g/mol. The van der Waals surface area contributed by atoms with Gasteiger partial charge in [0, 0.05) is 17.7 Å². The Bertz CT molecular complexity index is 1050. The van der Waals surface area contributed by atoms with E-state index in [1.165, 1.54) is 24.3 Å². The van der Waals surface area contributed by atoms with Gasteiger partial charge < -0.3 is 9.47 Å². The second-order valence-electron chi connectivity index (χ2n) is 6.24. The van der Waals surface area contributed by atoms with Crippen LogP contribution in [-0.4, -0.2) is 40.0 Å². The van der Waals surface area contributed by atoms with Gasteiger partial charge >= 0.3 is 0 Å². The molecule has 0 saturated heterocycles. The van der Waals surface area contributed by atoms with Crippen molar-refractivity contribution >= 4 is 21.8 Å². The molecule has 0 bridgehead atoms. The molecule has 0 spiro atoms. The third-order valence-corrected chi connectivity index (χ3v) is 5.74. The van der Waals surface area contributed by atoms with Crippen LogP contribution in [0.2, 0.25) is 0 Å². The van der Waals surface area contributed by atoms with Gasteiger partial charge in [-0.1, -0.05) is 13.0 Å². The Balaban J connectivity index is 1.71. The number of hydrogen-bond donors (Lipinski definition) is 3. The van der Waals surface area contributed by atoms with Crippen molar-refractivity contribution in [2.24, 2.45) is 0 Å². The number of carbonyl (C=O) groups excluding carboxylic acids is 2. The minimum absolute atomic E-state index is 0.0340. The third-order valence-electron chi connectivity index (χ3n) is 4.19. The molecule has 0 unspecified atom stereocenters. The van der Waals surface area contributed by atoms with E-state index in [-0.39, 0.29) is 22.6 Å². The van der Waals surface area contributed by atoms with Crippen molar-refractivity contribution in [2.75, 3.05) is 19.8 Å². The summed E-state index contributed by atoms with van der Waals surface area (Å²) in [5.41, 5.74) is 5.58. The van der Waals surface area contributed by atoms with Crippen molar-refractivity contribution in [1.29, 1.82) is 0 Å². The molecule has 154 valence electrons. The molecule has 29 heavy (non-hydrogen) atoms. The smallest absolute Gasteiger partial charge is 0.270 e. The van der Waals surface area contributed by atoms with Gasteiger partial charge in [0.25, 0.3) is 11.8 Å². The van der Waals surface area contributed by atoms with Gasteiger partial charge in [-0.05, 0) is 42.8 Å². The number of benzene rings is 2. The first-order valence-electron chi connectivity index (χ1n) is 8.92. The molecule has 0 fully saturated rings. The molecule has 10 heteroatoms. The summed E-state index contributed by atoms with van der Waals surface area (Å²) in [5, 5.41) is 0. The van der Waals surface area contributed by atoms with Crippen LogP contribution in [-0.2, 0) is 10.0 Å². The summed E-state index contributed by atoms with van der Waals surface area (Å²) in [7, 11) is -3.71. The lowest BCUT2D eigenvalue weighted by Crippen LogP contribution is -2.42. The van der Waals surface area contributed by atoms with Crippen molar-refractivity contribution < 1.29 is 27.5 Å². The van der Waals surface area contributed by atoms with E-state index in [4.69, 9.17) is 9.47 Å². The number of hydrogen-bond acceptors (Lipinski definition) is 6. The maximum atomic E-state index is 12.5. The van der Waals surface area contributed by atoms with Crippen LogP contribution in [0.15, 0.2) is 41.3 Å². The Morgan fingerprint density at radius 1 is 0.966 bits per heavy atom. The fourth-order valence-corrected chi connectivity index (χ4v) is 3.79. The molecular weight excluding hydrogens is 398 g/mol. The van der Waals surface area contributed by atoms with Gasteiger partial charge in [-0.3, -0.25) is 20.4 Å². The fraction of sp³-hybridized carbons (Fsp3) is 0.263. The number of sulfonamides is 1. The van der Waals surface area contributed by atoms with Crippen molar-refractivity contribution in [2.45, 2.75) is 18.7 Å². The zero-order valence-corrected chi connectivity index (χ0v) is 16.8. The number of ether oxygens (including phenoxy) is 2. The molecule has 0 aromatic heterocycles. The zero-order valence-electron chi connectivity index (χ0n) is 15.9. The van der Waals surface area contributed by atoms with E-state index in [0.717, 1.165) is 0 Å². The van der Waals surface area contributed by atoms with E-state index in [1.54, 1.807) is 26.0 Å². The summed E-state index contributed by atoms with van der Waals surface area (Å²) in [6, 6.07) is 8.89. The van der Waals surface area contributed by atoms with Crippen LogP contribution in [0.3, 0.4) is 0 Å². The number of amides is 2. The summed E-state index contributed by atoms with van der Waals surface area (Å²) >= 11 is 0. The minimum atomic E-state index is -3.71. The molecule has 2 aromatic carbocycles. The molecule has 1 aliphatic heterocycles. The molecule has 9 nitrogen and oxygen atoms in total. The van der Waals surface area contributed by atoms with Gasteiger partial charge in [0.15, 0.2) is 11.5 Å². The number of nitrogens with one attached hydrogen (secondary N) is 3. The van der Waals surface area contributed by atoms with E-state index in [2.05, 4.69) is 15.6 Å². The molecule has 1 heterocycles. The fourth-order valence-electron chi connectivity index (χ4n) is 2.72. The number of fused-ring (bicyclic) bond motifs is 1. The normalized spacial score (nSPS) is 12.9. The second-order valence-corrected chi connectivity index (χ2v) is 8.01. The monoisotopic (exact) mass is 419 g/mol. The summed E-state index contributed by atoms with van der Waals surface area (Å²) in [6.45, 7) is 4.38. The van der Waals surface area contributed by atoms with Crippen LogP contribution in [0.5, 0.6) is 11.5 Å². The van der Waals surface area contributed by atoms with Crippen LogP contribution in [0.1, 0.15) is 33.2 Å². The van der Waals surface area contributed by atoms with Crippen molar-refractivity contribution in [3.8, 4) is 11.5 Å². The maximum absolute atomic E-state index is 12.5. The number of aryl methyl sites for hydroxylation is 1. The molecule has 2 aromatic rings. The predicted molar refractivity (Wildman–Crippen MR) is 104 cm³/mol. The van der Waals surface area contributed by atoms with E-state index >= 15 is 0 Å². The van der Waals surface area contributed by atoms with Gasteiger partial charge in [0.1, 0.15) is 13.2 Å². The molecule has 0 atom stereocenters. The molecule has 3 rings (SSSR count).